The minimum Gasteiger partial charge on any atom is -0.450 e. The second-order valence-corrected chi connectivity index (χ2v) is 7.55. The van der Waals surface area contributed by atoms with Gasteiger partial charge in [0.1, 0.15) is 5.82 Å². The molecule has 0 atom stereocenters. The number of ether oxygens (including phenoxy) is 1. The Morgan fingerprint density at radius 1 is 1.14 bits per heavy atom. The molecule has 1 aliphatic rings. The molecule has 0 spiro atoms. The zero-order chi connectivity index (χ0) is 20.8. The molecule has 0 unspecified atom stereocenters. The first-order chi connectivity index (χ1) is 14.0. The predicted molar refractivity (Wildman–Crippen MR) is 115 cm³/mol. The summed E-state index contributed by atoms with van der Waals surface area (Å²) < 4.78 is 5.11. The van der Waals surface area contributed by atoms with Gasteiger partial charge in [0, 0.05) is 50.5 Å². The number of carbonyl (C=O) groups is 1. The van der Waals surface area contributed by atoms with Gasteiger partial charge in [0.25, 0.3) is 0 Å². The van der Waals surface area contributed by atoms with Crippen LogP contribution < -0.4 is 9.80 Å². The molecule has 1 aromatic carbocycles. The maximum atomic E-state index is 11.9. The lowest BCUT2D eigenvalue weighted by Gasteiger charge is -2.35. The van der Waals surface area contributed by atoms with Gasteiger partial charge in [0.2, 0.25) is 5.95 Å². The number of aromatic nitrogens is 2. The van der Waals surface area contributed by atoms with E-state index in [4.69, 9.17) is 9.72 Å². The summed E-state index contributed by atoms with van der Waals surface area (Å²) in [6, 6.07) is 12.8. The number of rotatable bonds is 6. The van der Waals surface area contributed by atoms with E-state index in [1.165, 1.54) is 5.56 Å². The normalized spacial score (nSPS) is 14.2. The molecule has 1 amide bonds. The Hall–Kier alpha value is -2.83. The molecular weight excluding hydrogens is 366 g/mol. The van der Waals surface area contributed by atoms with Gasteiger partial charge in [-0.2, -0.15) is 4.98 Å². The van der Waals surface area contributed by atoms with Crippen LogP contribution in [0.3, 0.4) is 0 Å². The van der Waals surface area contributed by atoms with Gasteiger partial charge in [-0.1, -0.05) is 30.3 Å². The first-order valence-electron chi connectivity index (χ1n) is 10.3. The molecular formula is C22H31N5O2. The van der Waals surface area contributed by atoms with E-state index >= 15 is 0 Å². The minimum absolute atomic E-state index is 0.244. The van der Waals surface area contributed by atoms with Crippen molar-refractivity contribution in [2.45, 2.75) is 40.3 Å². The number of hydrogen-bond donors (Lipinski definition) is 0. The summed E-state index contributed by atoms with van der Waals surface area (Å²) in [5, 5.41) is 0. The van der Waals surface area contributed by atoms with Crippen LogP contribution >= 0.6 is 0 Å². The molecule has 1 saturated heterocycles. The molecule has 7 heteroatoms. The first-order valence-corrected chi connectivity index (χ1v) is 10.3. The fraction of sp³-hybridized carbons (Fsp3) is 0.500. The predicted octanol–water partition coefficient (Wildman–Crippen LogP) is 3.48. The molecule has 0 bridgehead atoms. The molecule has 156 valence electrons. The Morgan fingerprint density at radius 3 is 2.45 bits per heavy atom. The fourth-order valence-corrected chi connectivity index (χ4v) is 3.44. The van der Waals surface area contributed by atoms with Gasteiger partial charge < -0.3 is 19.4 Å². The van der Waals surface area contributed by atoms with Crippen LogP contribution in [0.25, 0.3) is 0 Å². The van der Waals surface area contributed by atoms with Crippen LogP contribution in [-0.4, -0.2) is 59.8 Å². The molecule has 29 heavy (non-hydrogen) atoms. The Balaban J connectivity index is 1.76. The third kappa shape index (κ3) is 5.37. The summed E-state index contributed by atoms with van der Waals surface area (Å²) in [7, 11) is 0. The molecule has 7 nitrogen and oxygen atoms in total. The van der Waals surface area contributed by atoms with Crippen LogP contribution in [-0.2, 0) is 11.3 Å². The average molecular weight is 398 g/mol. The van der Waals surface area contributed by atoms with Gasteiger partial charge in [-0.05, 0) is 33.3 Å². The van der Waals surface area contributed by atoms with E-state index in [-0.39, 0.29) is 6.09 Å². The van der Waals surface area contributed by atoms with Crippen molar-refractivity contribution in [1.82, 2.24) is 14.9 Å². The molecule has 0 N–H and O–H groups in total. The van der Waals surface area contributed by atoms with Crippen molar-refractivity contribution >= 4 is 17.9 Å². The Kier molecular flexibility index (Phi) is 6.90. The zero-order valence-electron chi connectivity index (χ0n) is 17.8. The van der Waals surface area contributed by atoms with E-state index in [9.17, 15) is 4.79 Å². The van der Waals surface area contributed by atoms with Crippen molar-refractivity contribution in [2.75, 3.05) is 42.6 Å². The van der Waals surface area contributed by atoms with E-state index in [2.05, 4.69) is 52.9 Å². The smallest absolute Gasteiger partial charge is 0.409 e. The van der Waals surface area contributed by atoms with Crippen molar-refractivity contribution in [1.29, 1.82) is 0 Å². The van der Waals surface area contributed by atoms with Gasteiger partial charge in [0.15, 0.2) is 0 Å². The average Bonchev–Trinajstić information content (AvgIpc) is 2.72. The van der Waals surface area contributed by atoms with Crippen LogP contribution in [0, 0.1) is 6.92 Å². The molecule has 1 aliphatic heterocycles. The maximum Gasteiger partial charge on any atom is 0.409 e. The summed E-state index contributed by atoms with van der Waals surface area (Å²) in [5.41, 5.74) is 2.19. The summed E-state index contributed by atoms with van der Waals surface area (Å²) in [5.74, 6) is 1.65. The van der Waals surface area contributed by atoms with Crippen molar-refractivity contribution in [3.05, 3.63) is 47.7 Å². The lowest BCUT2D eigenvalue weighted by atomic mass is 10.2. The minimum atomic E-state index is -0.244. The molecule has 2 heterocycles. The number of anilines is 2. The first kappa shape index (κ1) is 20.9. The Labute approximate surface area is 173 Å². The molecule has 0 radical (unpaired) electrons. The van der Waals surface area contributed by atoms with Crippen LogP contribution in [0.4, 0.5) is 16.6 Å². The van der Waals surface area contributed by atoms with E-state index in [0.717, 1.165) is 24.0 Å². The van der Waals surface area contributed by atoms with Crippen LogP contribution in [0.1, 0.15) is 32.0 Å². The monoisotopic (exact) mass is 397 g/mol. The number of aryl methyl sites for hydroxylation is 1. The number of nitrogens with zero attached hydrogens (tertiary/aromatic N) is 5. The van der Waals surface area contributed by atoms with E-state index in [1.807, 2.05) is 26.0 Å². The Bertz CT molecular complexity index is 804. The summed E-state index contributed by atoms with van der Waals surface area (Å²) in [6.07, 6.45) is -0.244. The highest BCUT2D eigenvalue weighted by Gasteiger charge is 2.24. The third-order valence-electron chi connectivity index (χ3n) is 5.03. The van der Waals surface area contributed by atoms with Crippen molar-refractivity contribution in [2.24, 2.45) is 0 Å². The molecule has 0 saturated carbocycles. The lowest BCUT2D eigenvalue weighted by molar-refractivity contribution is 0.105. The van der Waals surface area contributed by atoms with E-state index in [1.54, 1.807) is 4.90 Å². The highest BCUT2D eigenvalue weighted by Crippen LogP contribution is 2.22. The maximum absolute atomic E-state index is 11.9. The lowest BCUT2D eigenvalue weighted by Crippen LogP contribution is -2.49. The summed E-state index contributed by atoms with van der Waals surface area (Å²) in [4.78, 5) is 27.7. The Morgan fingerprint density at radius 2 is 1.83 bits per heavy atom. The van der Waals surface area contributed by atoms with Gasteiger partial charge in [-0.25, -0.2) is 9.78 Å². The molecule has 3 rings (SSSR count). The quantitative estimate of drug-likeness (QED) is 0.744. The SMILES string of the molecule is CCOC(=O)N1CCN(c2nc(C)cc(N(Cc3ccccc3)C(C)C)n2)CC1. The van der Waals surface area contributed by atoms with Gasteiger partial charge in [0.05, 0.1) is 6.61 Å². The number of carbonyl (C=O) groups excluding carboxylic acids is 1. The van der Waals surface area contributed by atoms with Crippen LogP contribution in [0.15, 0.2) is 36.4 Å². The standard InChI is InChI=1S/C22H31N5O2/c1-5-29-22(28)26-13-11-25(12-14-26)21-23-18(4)15-20(24-21)27(17(2)3)16-19-9-7-6-8-10-19/h6-10,15,17H,5,11-14,16H2,1-4H3. The fourth-order valence-electron chi connectivity index (χ4n) is 3.44. The summed E-state index contributed by atoms with van der Waals surface area (Å²) in [6.45, 7) is 12.0. The summed E-state index contributed by atoms with van der Waals surface area (Å²) >= 11 is 0. The van der Waals surface area contributed by atoms with E-state index < -0.39 is 0 Å². The van der Waals surface area contributed by atoms with Gasteiger partial charge in [-0.15, -0.1) is 0 Å². The third-order valence-corrected chi connectivity index (χ3v) is 5.03. The highest BCUT2D eigenvalue weighted by molar-refractivity contribution is 5.68. The number of amides is 1. The van der Waals surface area contributed by atoms with Crippen molar-refractivity contribution < 1.29 is 9.53 Å². The van der Waals surface area contributed by atoms with Gasteiger partial charge in [-0.3, -0.25) is 0 Å². The van der Waals surface area contributed by atoms with Crippen molar-refractivity contribution in [3.63, 3.8) is 0 Å². The topological polar surface area (TPSA) is 61.8 Å². The number of benzene rings is 1. The van der Waals surface area contributed by atoms with Crippen LogP contribution in [0.2, 0.25) is 0 Å². The molecule has 0 aliphatic carbocycles. The second-order valence-electron chi connectivity index (χ2n) is 7.55. The number of piperazine rings is 1. The van der Waals surface area contributed by atoms with E-state index in [0.29, 0.717) is 38.8 Å². The second kappa shape index (κ2) is 9.58. The van der Waals surface area contributed by atoms with Crippen molar-refractivity contribution in [3.8, 4) is 0 Å². The zero-order valence-corrected chi connectivity index (χ0v) is 17.8. The molecule has 2 aromatic rings. The highest BCUT2D eigenvalue weighted by atomic mass is 16.6. The molecule has 1 fully saturated rings. The number of hydrogen-bond acceptors (Lipinski definition) is 6. The molecule has 1 aromatic heterocycles. The largest absolute Gasteiger partial charge is 0.450 e. The van der Waals surface area contributed by atoms with Gasteiger partial charge >= 0.3 is 6.09 Å². The van der Waals surface area contributed by atoms with Crippen LogP contribution in [0.5, 0.6) is 0 Å².